The fourth-order valence-corrected chi connectivity index (χ4v) is 3.83. The summed E-state index contributed by atoms with van der Waals surface area (Å²) in [5.74, 6) is 0. The third kappa shape index (κ3) is 2.71. The molecule has 1 atom stereocenters. The lowest BCUT2D eigenvalue weighted by Crippen LogP contribution is -2.22. The van der Waals surface area contributed by atoms with E-state index in [4.69, 9.17) is 0 Å². The van der Waals surface area contributed by atoms with Crippen molar-refractivity contribution in [3.8, 4) is 0 Å². The SMILES string of the molecule is CCNC(c1sccc1C)c1cc(C)nc2ccccc12. The van der Waals surface area contributed by atoms with Crippen LogP contribution in [0.3, 0.4) is 0 Å². The van der Waals surface area contributed by atoms with Gasteiger partial charge in [0, 0.05) is 16.0 Å². The second-order valence-corrected chi connectivity index (χ2v) is 6.28. The van der Waals surface area contributed by atoms with Crippen LogP contribution in [0.1, 0.15) is 34.7 Å². The van der Waals surface area contributed by atoms with Gasteiger partial charge in [-0.1, -0.05) is 25.1 Å². The summed E-state index contributed by atoms with van der Waals surface area (Å²) in [6, 6.07) is 13.1. The molecule has 1 unspecified atom stereocenters. The van der Waals surface area contributed by atoms with E-state index in [1.54, 1.807) is 0 Å². The van der Waals surface area contributed by atoms with Crippen LogP contribution in [-0.4, -0.2) is 11.5 Å². The van der Waals surface area contributed by atoms with Gasteiger partial charge in [0.1, 0.15) is 0 Å². The molecule has 0 aliphatic heterocycles. The Morgan fingerprint density at radius 1 is 1.19 bits per heavy atom. The molecule has 0 aliphatic rings. The molecule has 0 saturated carbocycles. The summed E-state index contributed by atoms with van der Waals surface area (Å²) in [6.07, 6.45) is 0. The molecule has 1 aromatic carbocycles. The van der Waals surface area contributed by atoms with Crippen molar-refractivity contribution in [1.29, 1.82) is 0 Å². The number of rotatable bonds is 4. The number of fused-ring (bicyclic) bond motifs is 1. The smallest absolute Gasteiger partial charge is 0.0708 e. The molecule has 21 heavy (non-hydrogen) atoms. The Kier molecular flexibility index (Phi) is 4.04. The van der Waals surface area contributed by atoms with Crippen molar-refractivity contribution >= 4 is 22.2 Å². The highest BCUT2D eigenvalue weighted by atomic mass is 32.1. The number of para-hydroxylation sites is 1. The first-order valence-electron chi connectivity index (χ1n) is 7.34. The number of aryl methyl sites for hydroxylation is 2. The van der Waals surface area contributed by atoms with Gasteiger partial charge in [-0.15, -0.1) is 11.3 Å². The molecule has 108 valence electrons. The van der Waals surface area contributed by atoms with Crippen LogP contribution in [0, 0.1) is 13.8 Å². The van der Waals surface area contributed by atoms with Crippen LogP contribution in [0.4, 0.5) is 0 Å². The van der Waals surface area contributed by atoms with Crippen molar-refractivity contribution in [3.05, 3.63) is 63.5 Å². The Bertz CT molecular complexity index is 761. The number of hydrogen-bond donors (Lipinski definition) is 1. The summed E-state index contributed by atoms with van der Waals surface area (Å²) in [4.78, 5) is 6.05. The summed E-state index contributed by atoms with van der Waals surface area (Å²) in [5, 5.41) is 7.05. The summed E-state index contributed by atoms with van der Waals surface area (Å²) in [6.45, 7) is 7.36. The van der Waals surface area contributed by atoms with Crippen molar-refractivity contribution in [1.82, 2.24) is 10.3 Å². The van der Waals surface area contributed by atoms with Crippen LogP contribution < -0.4 is 5.32 Å². The van der Waals surface area contributed by atoms with Crippen LogP contribution in [0.2, 0.25) is 0 Å². The second kappa shape index (κ2) is 5.96. The van der Waals surface area contributed by atoms with Gasteiger partial charge >= 0.3 is 0 Å². The Morgan fingerprint density at radius 2 is 2.00 bits per heavy atom. The molecule has 3 heteroatoms. The van der Waals surface area contributed by atoms with Gasteiger partial charge in [0.25, 0.3) is 0 Å². The van der Waals surface area contributed by atoms with E-state index in [9.17, 15) is 0 Å². The molecule has 3 rings (SSSR count). The predicted molar refractivity (Wildman–Crippen MR) is 91.1 cm³/mol. The second-order valence-electron chi connectivity index (χ2n) is 5.33. The molecule has 0 spiro atoms. The number of thiophene rings is 1. The van der Waals surface area contributed by atoms with E-state index in [1.165, 1.54) is 21.4 Å². The minimum Gasteiger partial charge on any atom is -0.306 e. The highest BCUT2D eigenvalue weighted by Crippen LogP contribution is 2.33. The maximum atomic E-state index is 4.66. The third-order valence-corrected chi connectivity index (χ3v) is 4.84. The highest BCUT2D eigenvalue weighted by molar-refractivity contribution is 7.10. The van der Waals surface area contributed by atoms with Gasteiger partial charge in [0.15, 0.2) is 0 Å². The van der Waals surface area contributed by atoms with Crippen LogP contribution in [0.15, 0.2) is 41.8 Å². The average molecular weight is 296 g/mol. The Balaban J connectivity index is 2.22. The van der Waals surface area contributed by atoms with E-state index in [0.29, 0.717) is 0 Å². The molecule has 0 aliphatic carbocycles. The monoisotopic (exact) mass is 296 g/mol. The van der Waals surface area contributed by atoms with E-state index < -0.39 is 0 Å². The molecule has 0 radical (unpaired) electrons. The maximum Gasteiger partial charge on any atom is 0.0708 e. The lowest BCUT2D eigenvalue weighted by atomic mass is 9.98. The summed E-state index contributed by atoms with van der Waals surface area (Å²) in [7, 11) is 0. The van der Waals surface area contributed by atoms with E-state index in [0.717, 1.165) is 17.8 Å². The summed E-state index contributed by atoms with van der Waals surface area (Å²) in [5.41, 5.74) is 4.82. The summed E-state index contributed by atoms with van der Waals surface area (Å²) < 4.78 is 0. The lowest BCUT2D eigenvalue weighted by Gasteiger charge is -2.20. The molecule has 0 bridgehead atoms. The fourth-order valence-electron chi connectivity index (χ4n) is 2.81. The van der Waals surface area contributed by atoms with Gasteiger partial charge in [-0.2, -0.15) is 0 Å². The van der Waals surface area contributed by atoms with Crippen LogP contribution in [-0.2, 0) is 0 Å². The first kappa shape index (κ1) is 14.2. The first-order chi connectivity index (χ1) is 10.2. The van der Waals surface area contributed by atoms with Crippen molar-refractivity contribution in [2.45, 2.75) is 26.8 Å². The average Bonchev–Trinajstić information content (AvgIpc) is 2.90. The van der Waals surface area contributed by atoms with E-state index >= 15 is 0 Å². The van der Waals surface area contributed by atoms with Crippen molar-refractivity contribution in [2.24, 2.45) is 0 Å². The Labute approximate surface area is 129 Å². The first-order valence-corrected chi connectivity index (χ1v) is 8.22. The number of nitrogens with one attached hydrogen (secondary N) is 1. The number of nitrogens with zero attached hydrogens (tertiary/aromatic N) is 1. The predicted octanol–water partition coefficient (Wildman–Crippen LogP) is 4.61. The molecular weight excluding hydrogens is 276 g/mol. The molecule has 3 aromatic rings. The van der Waals surface area contributed by atoms with Gasteiger partial charge < -0.3 is 5.32 Å². The molecular formula is C18H20N2S. The van der Waals surface area contributed by atoms with Crippen LogP contribution in [0.5, 0.6) is 0 Å². The molecule has 2 aromatic heterocycles. The van der Waals surface area contributed by atoms with Crippen molar-refractivity contribution < 1.29 is 0 Å². The zero-order valence-corrected chi connectivity index (χ0v) is 13.5. The standard InChI is InChI=1S/C18H20N2S/c1-4-19-17(18-12(2)9-10-21-18)15-11-13(3)20-16-8-6-5-7-14(15)16/h5-11,17,19H,4H2,1-3H3. The third-order valence-electron chi connectivity index (χ3n) is 3.76. The molecule has 2 heterocycles. The van der Waals surface area contributed by atoms with Gasteiger partial charge in [0.2, 0.25) is 0 Å². The summed E-state index contributed by atoms with van der Waals surface area (Å²) >= 11 is 1.82. The fraction of sp³-hybridized carbons (Fsp3) is 0.278. The van der Waals surface area contributed by atoms with Gasteiger partial charge in [-0.3, -0.25) is 4.98 Å². The van der Waals surface area contributed by atoms with Crippen LogP contribution in [0.25, 0.3) is 10.9 Å². The Hall–Kier alpha value is -1.71. The molecule has 0 saturated heterocycles. The van der Waals surface area contributed by atoms with Crippen LogP contribution >= 0.6 is 11.3 Å². The normalized spacial score (nSPS) is 12.7. The molecule has 0 fully saturated rings. The highest BCUT2D eigenvalue weighted by Gasteiger charge is 2.19. The zero-order chi connectivity index (χ0) is 14.8. The number of benzene rings is 1. The largest absolute Gasteiger partial charge is 0.306 e. The lowest BCUT2D eigenvalue weighted by molar-refractivity contribution is 0.640. The van der Waals surface area contributed by atoms with Gasteiger partial charge in [-0.25, -0.2) is 0 Å². The number of aromatic nitrogens is 1. The number of hydrogen-bond acceptors (Lipinski definition) is 3. The Morgan fingerprint density at radius 3 is 2.71 bits per heavy atom. The van der Waals surface area contributed by atoms with E-state index in [-0.39, 0.29) is 6.04 Å². The minimum absolute atomic E-state index is 0.238. The van der Waals surface area contributed by atoms with E-state index in [2.05, 4.69) is 72.9 Å². The topological polar surface area (TPSA) is 24.9 Å². The maximum absolute atomic E-state index is 4.66. The van der Waals surface area contributed by atoms with Gasteiger partial charge in [-0.05, 0) is 55.1 Å². The zero-order valence-electron chi connectivity index (χ0n) is 12.7. The number of pyridine rings is 1. The van der Waals surface area contributed by atoms with E-state index in [1.807, 2.05) is 11.3 Å². The van der Waals surface area contributed by atoms with Crippen molar-refractivity contribution in [3.63, 3.8) is 0 Å². The molecule has 0 amide bonds. The quantitative estimate of drug-likeness (QED) is 0.760. The molecule has 1 N–H and O–H groups in total. The molecule has 2 nitrogen and oxygen atoms in total. The van der Waals surface area contributed by atoms with Gasteiger partial charge in [0.05, 0.1) is 11.6 Å². The van der Waals surface area contributed by atoms with Crippen molar-refractivity contribution in [2.75, 3.05) is 6.54 Å². The minimum atomic E-state index is 0.238.